The van der Waals surface area contributed by atoms with Gasteiger partial charge in [-0.25, -0.2) is 8.42 Å². The van der Waals surface area contributed by atoms with Gasteiger partial charge < -0.3 is 14.2 Å². The van der Waals surface area contributed by atoms with Gasteiger partial charge in [0.25, 0.3) is 10.0 Å². The summed E-state index contributed by atoms with van der Waals surface area (Å²) in [6.45, 7) is 2.15. The summed E-state index contributed by atoms with van der Waals surface area (Å²) >= 11 is 0. The zero-order chi connectivity index (χ0) is 21.7. The molecular formula is C23H25NO5S. The molecule has 0 aliphatic rings. The number of hydrogen-bond acceptors (Lipinski definition) is 5. The van der Waals surface area contributed by atoms with E-state index in [2.05, 4.69) is 0 Å². The Morgan fingerprint density at radius 1 is 0.733 bits per heavy atom. The predicted octanol–water partition coefficient (Wildman–Crippen LogP) is 4.42. The van der Waals surface area contributed by atoms with Gasteiger partial charge in [-0.1, -0.05) is 29.8 Å². The molecule has 30 heavy (non-hydrogen) atoms. The van der Waals surface area contributed by atoms with Crippen molar-refractivity contribution in [3.05, 3.63) is 77.9 Å². The summed E-state index contributed by atoms with van der Waals surface area (Å²) in [6.07, 6.45) is 0. The standard InChI is InChI=1S/C23H25NO5S/c1-17-5-7-18(8-6-17)16-24(19-13-21(28-3)15-22(14-19)29-4)30(25,26)23-11-9-20(27-2)10-12-23/h5-15H,16H2,1-4H3. The van der Waals surface area contributed by atoms with E-state index in [-0.39, 0.29) is 11.4 Å². The Morgan fingerprint density at radius 2 is 1.27 bits per heavy atom. The maximum absolute atomic E-state index is 13.6. The molecule has 0 aliphatic carbocycles. The average Bonchev–Trinajstić information content (AvgIpc) is 2.78. The van der Waals surface area contributed by atoms with Crippen LogP contribution in [-0.4, -0.2) is 29.7 Å². The minimum Gasteiger partial charge on any atom is -0.497 e. The quantitative estimate of drug-likeness (QED) is 0.533. The fourth-order valence-corrected chi connectivity index (χ4v) is 4.42. The molecule has 0 saturated heterocycles. The first-order valence-corrected chi connectivity index (χ1v) is 10.8. The lowest BCUT2D eigenvalue weighted by Crippen LogP contribution is -2.30. The van der Waals surface area contributed by atoms with Crippen molar-refractivity contribution in [2.75, 3.05) is 25.6 Å². The minimum absolute atomic E-state index is 0.158. The topological polar surface area (TPSA) is 65.1 Å². The van der Waals surface area contributed by atoms with Crippen molar-refractivity contribution in [3.63, 3.8) is 0 Å². The highest BCUT2D eigenvalue weighted by atomic mass is 32.2. The van der Waals surface area contributed by atoms with Crippen LogP contribution in [0.4, 0.5) is 5.69 Å². The second-order valence-corrected chi connectivity index (χ2v) is 8.61. The molecule has 0 radical (unpaired) electrons. The molecule has 3 aromatic rings. The van der Waals surface area contributed by atoms with Crippen LogP contribution in [0.15, 0.2) is 71.6 Å². The molecule has 3 rings (SSSR count). The van der Waals surface area contributed by atoms with Crippen LogP contribution in [-0.2, 0) is 16.6 Å². The molecule has 0 amide bonds. The number of rotatable bonds is 8. The Kier molecular flexibility index (Phi) is 6.52. The maximum Gasteiger partial charge on any atom is 0.264 e. The summed E-state index contributed by atoms with van der Waals surface area (Å²) < 4.78 is 44.4. The number of nitrogens with zero attached hydrogens (tertiary/aromatic N) is 1. The van der Waals surface area contributed by atoms with Crippen LogP contribution in [0, 0.1) is 6.92 Å². The molecule has 0 atom stereocenters. The molecule has 6 nitrogen and oxygen atoms in total. The molecular weight excluding hydrogens is 402 g/mol. The number of benzene rings is 3. The highest BCUT2D eigenvalue weighted by molar-refractivity contribution is 7.92. The second kappa shape index (κ2) is 9.09. The van der Waals surface area contributed by atoms with Crippen molar-refractivity contribution < 1.29 is 22.6 Å². The van der Waals surface area contributed by atoms with E-state index >= 15 is 0 Å². The van der Waals surface area contributed by atoms with Crippen LogP contribution in [0.2, 0.25) is 0 Å². The van der Waals surface area contributed by atoms with Gasteiger partial charge in [0.15, 0.2) is 0 Å². The Bertz CT molecular complexity index is 1070. The van der Waals surface area contributed by atoms with Gasteiger partial charge in [0.05, 0.1) is 38.5 Å². The van der Waals surface area contributed by atoms with E-state index in [9.17, 15) is 8.42 Å². The average molecular weight is 428 g/mol. The fraction of sp³-hybridized carbons (Fsp3) is 0.217. The molecule has 0 spiro atoms. The number of ether oxygens (including phenoxy) is 3. The van der Waals surface area contributed by atoms with Crippen molar-refractivity contribution >= 4 is 15.7 Å². The molecule has 0 bridgehead atoms. The molecule has 0 fully saturated rings. The van der Waals surface area contributed by atoms with Crippen molar-refractivity contribution in [1.82, 2.24) is 0 Å². The van der Waals surface area contributed by atoms with E-state index in [0.717, 1.165) is 11.1 Å². The van der Waals surface area contributed by atoms with Crippen molar-refractivity contribution in [3.8, 4) is 17.2 Å². The summed E-state index contributed by atoms with van der Waals surface area (Å²) in [6, 6.07) is 19.1. The lowest BCUT2D eigenvalue weighted by atomic mass is 10.1. The molecule has 0 aromatic heterocycles. The third kappa shape index (κ3) is 4.68. The summed E-state index contributed by atoms with van der Waals surface area (Å²) in [5, 5.41) is 0. The summed E-state index contributed by atoms with van der Waals surface area (Å²) in [4.78, 5) is 0.164. The van der Waals surface area contributed by atoms with Crippen LogP contribution in [0.25, 0.3) is 0 Å². The molecule has 7 heteroatoms. The third-order valence-electron chi connectivity index (χ3n) is 4.72. The number of methoxy groups -OCH3 is 3. The summed E-state index contributed by atoms with van der Waals surface area (Å²) in [5.74, 6) is 1.59. The number of aryl methyl sites for hydroxylation is 1. The zero-order valence-electron chi connectivity index (χ0n) is 17.5. The van der Waals surface area contributed by atoms with Crippen molar-refractivity contribution in [1.29, 1.82) is 0 Å². The van der Waals surface area contributed by atoms with Gasteiger partial charge in [-0.2, -0.15) is 0 Å². The second-order valence-electron chi connectivity index (χ2n) is 6.74. The molecule has 158 valence electrons. The first-order chi connectivity index (χ1) is 14.4. The molecule has 0 N–H and O–H groups in total. The summed E-state index contributed by atoms with van der Waals surface area (Å²) in [5.41, 5.74) is 2.41. The van der Waals surface area contributed by atoms with Gasteiger partial charge >= 0.3 is 0 Å². The van der Waals surface area contributed by atoms with Crippen molar-refractivity contribution in [2.24, 2.45) is 0 Å². The number of hydrogen-bond donors (Lipinski definition) is 0. The molecule has 3 aromatic carbocycles. The molecule has 0 heterocycles. The SMILES string of the molecule is COc1ccc(S(=O)(=O)N(Cc2ccc(C)cc2)c2cc(OC)cc(OC)c2)cc1. The van der Waals surface area contributed by atoms with Gasteiger partial charge in [0.2, 0.25) is 0 Å². The first-order valence-electron chi connectivity index (χ1n) is 9.33. The largest absolute Gasteiger partial charge is 0.497 e. The Labute approximate surface area is 177 Å². The lowest BCUT2D eigenvalue weighted by Gasteiger charge is -2.26. The van der Waals surface area contributed by atoms with Gasteiger partial charge in [-0.3, -0.25) is 4.31 Å². The lowest BCUT2D eigenvalue weighted by molar-refractivity contribution is 0.394. The van der Waals surface area contributed by atoms with E-state index in [4.69, 9.17) is 14.2 Å². The smallest absolute Gasteiger partial charge is 0.264 e. The highest BCUT2D eigenvalue weighted by Crippen LogP contribution is 2.33. The Hall–Kier alpha value is -3.19. The normalized spacial score (nSPS) is 11.1. The van der Waals surface area contributed by atoms with E-state index < -0.39 is 10.0 Å². The van der Waals surface area contributed by atoms with E-state index in [1.807, 2.05) is 31.2 Å². The van der Waals surface area contributed by atoms with Crippen molar-refractivity contribution in [2.45, 2.75) is 18.4 Å². The maximum atomic E-state index is 13.6. The van der Waals surface area contributed by atoms with E-state index in [1.54, 1.807) is 30.3 Å². The Balaban J connectivity index is 2.12. The fourth-order valence-electron chi connectivity index (χ4n) is 2.99. The third-order valence-corrected chi connectivity index (χ3v) is 6.51. The minimum atomic E-state index is -3.87. The van der Waals surface area contributed by atoms with Crippen LogP contribution in [0.1, 0.15) is 11.1 Å². The monoisotopic (exact) mass is 427 g/mol. The molecule has 0 saturated carbocycles. The number of anilines is 1. The first kappa shape index (κ1) is 21.5. The van der Waals surface area contributed by atoms with Crippen LogP contribution >= 0.6 is 0 Å². The highest BCUT2D eigenvalue weighted by Gasteiger charge is 2.26. The summed E-state index contributed by atoms with van der Waals surface area (Å²) in [7, 11) is 0.724. The van der Waals surface area contributed by atoms with Crippen LogP contribution in [0.5, 0.6) is 17.2 Å². The van der Waals surface area contributed by atoms with E-state index in [1.165, 1.54) is 37.8 Å². The molecule has 0 aliphatic heterocycles. The van der Waals surface area contributed by atoms with Gasteiger partial charge in [0.1, 0.15) is 17.2 Å². The van der Waals surface area contributed by atoms with Gasteiger partial charge in [0, 0.05) is 18.2 Å². The Morgan fingerprint density at radius 3 is 1.77 bits per heavy atom. The van der Waals surface area contributed by atoms with Crippen LogP contribution < -0.4 is 18.5 Å². The predicted molar refractivity (Wildman–Crippen MR) is 117 cm³/mol. The van der Waals surface area contributed by atoms with Gasteiger partial charge in [-0.05, 0) is 36.8 Å². The molecule has 0 unspecified atom stereocenters. The van der Waals surface area contributed by atoms with E-state index in [0.29, 0.717) is 22.9 Å². The number of sulfonamides is 1. The van der Waals surface area contributed by atoms with Crippen LogP contribution in [0.3, 0.4) is 0 Å². The van der Waals surface area contributed by atoms with Gasteiger partial charge in [-0.15, -0.1) is 0 Å². The zero-order valence-corrected chi connectivity index (χ0v) is 18.3.